The average molecular weight is 290 g/mol. The molecule has 4 nitrogen and oxygen atoms in total. The first-order chi connectivity index (χ1) is 10.1. The van der Waals surface area contributed by atoms with Crippen molar-refractivity contribution in [1.82, 2.24) is 4.90 Å². The van der Waals surface area contributed by atoms with E-state index in [9.17, 15) is 4.79 Å². The lowest BCUT2D eigenvalue weighted by molar-refractivity contribution is -0.132. The number of nitrogens with two attached hydrogens (primary N) is 1. The molecular formula is C17H26N2O2. The molecule has 21 heavy (non-hydrogen) atoms. The number of carbonyl (C=O) groups excluding carboxylic acids is 1. The third kappa shape index (κ3) is 4.46. The van der Waals surface area contributed by atoms with Gasteiger partial charge in [-0.25, -0.2) is 0 Å². The van der Waals surface area contributed by atoms with Crippen molar-refractivity contribution < 1.29 is 9.53 Å². The van der Waals surface area contributed by atoms with Crippen LogP contribution in [0.2, 0.25) is 0 Å². The van der Waals surface area contributed by atoms with Crippen LogP contribution in [-0.2, 0) is 11.2 Å². The molecule has 1 heterocycles. The summed E-state index contributed by atoms with van der Waals surface area (Å²) in [5.41, 5.74) is 7.08. The molecule has 4 heteroatoms. The van der Waals surface area contributed by atoms with E-state index in [0.29, 0.717) is 12.3 Å². The molecule has 1 aliphatic heterocycles. The molecule has 2 N–H and O–H groups in total. The Hall–Kier alpha value is -1.55. The molecule has 0 aromatic heterocycles. The molecule has 2 rings (SSSR count). The van der Waals surface area contributed by atoms with Gasteiger partial charge >= 0.3 is 0 Å². The largest absolute Gasteiger partial charge is 0.497 e. The fourth-order valence-corrected chi connectivity index (χ4v) is 2.91. The molecule has 0 aliphatic carbocycles. The highest BCUT2D eigenvalue weighted by atomic mass is 16.5. The van der Waals surface area contributed by atoms with Crippen molar-refractivity contribution >= 4 is 5.91 Å². The standard InChI is InChI=1S/C17H26N2O2/c1-13(18)15-8-10-19(11-9-15)17(20)7-6-14-4-3-5-16(12-14)21-2/h3-5,12-13,15H,6-11,18H2,1-2H3. The molecular weight excluding hydrogens is 264 g/mol. The van der Waals surface area contributed by atoms with Crippen molar-refractivity contribution in [1.29, 1.82) is 0 Å². The van der Waals surface area contributed by atoms with Gasteiger partial charge in [0, 0.05) is 25.6 Å². The number of benzene rings is 1. The average Bonchev–Trinajstić information content (AvgIpc) is 2.53. The summed E-state index contributed by atoms with van der Waals surface area (Å²) >= 11 is 0. The molecule has 1 aromatic rings. The Kier molecular flexibility index (Phi) is 5.62. The minimum Gasteiger partial charge on any atom is -0.497 e. The highest BCUT2D eigenvalue weighted by molar-refractivity contribution is 5.76. The van der Waals surface area contributed by atoms with Crippen molar-refractivity contribution in [2.24, 2.45) is 11.7 Å². The summed E-state index contributed by atoms with van der Waals surface area (Å²) in [7, 11) is 1.66. The zero-order valence-corrected chi connectivity index (χ0v) is 13.0. The van der Waals surface area contributed by atoms with Crippen LogP contribution in [0, 0.1) is 5.92 Å². The van der Waals surface area contributed by atoms with Gasteiger partial charge in [-0.1, -0.05) is 12.1 Å². The highest BCUT2D eigenvalue weighted by Gasteiger charge is 2.24. The molecule has 0 spiro atoms. The summed E-state index contributed by atoms with van der Waals surface area (Å²) in [6.07, 6.45) is 3.39. The zero-order valence-electron chi connectivity index (χ0n) is 13.0. The van der Waals surface area contributed by atoms with Gasteiger partial charge < -0.3 is 15.4 Å². The molecule has 1 atom stereocenters. The van der Waals surface area contributed by atoms with E-state index in [1.807, 2.05) is 29.2 Å². The van der Waals surface area contributed by atoms with Crippen LogP contribution in [0.25, 0.3) is 0 Å². The summed E-state index contributed by atoms with van der Waals surface area (Å²) in [6, 6.07) is 8.16. The van der Waals surface area contributed by atoms with Crippen LogP contribution in [0.3, 0.4) is 0 Å². The summed E-state index contributed by atoms with van der Waals surface area (Å²) in [5.74, 6) is 1.66. The molecule has 1 fully saturated rings. The van der Waals surface area contributed by atoms with Gasteiger partial charge in [-0.3, -0.25) is 4.79 Å². The van der Waals surface area contributed by atoms with Crippen LogP contribution in [0.4, 0.5) is 0 Å². The van der Waals surface area contributed by atoms with Crippen molar-refractivity contribution in [2.75, 3.05) is 20.2 Å². The van der Waals surface area contributed by atoms with E-state index in [-0.39, 0.29) is 11.9 Å². The predicted octanol–water partition coefficient (Wildman–Crippen LogP) is 2.21. The Balaban J connectivity index is 1.80. The molecule has 1 aromatic carbocycles. The number of aryl methyl sites for hydroxylation is 1. The van der Waals surface area contributed by atoms with Crippen LogP contribution in [0.5, 0.6) is 5.75 Å². The first-order valence-electron chi connectivity index (χ1n) is 7.76. The maximum absolute atomic E-state index is 12.3. The second-order valence-corrected chi connectivity index (χ2v) is 5.93. The van der Waals surface area contributed by atoms with Gasteiger partial charge in [0.2, 0.25) is 5.91 Å². The minimum absolute atomic E-state index is 0.235. The van der Waals surface area contributed by atoms with Gasteiger partial charge in [-0.15, -0.1) is 0 Å². The summed E-state index contributed by atoms with van der Waals surface area (Å²) < 4.78 is 5.20. The van der Waals surface area contributed by atoms with E-state index < -0.39 is 0 Å². The first kappa shape index (κ1) is 15.8. The van der Waals surface area contributed by atoms with Crippen LogP contribution in [0.15, 0.2) is 24.3 Å². The maximum Gasteiger partial charge on any atom is 0.222 e. The van der Waals surface area contributed by atoms with Crippen LogP contribution >= 0.6 is 0 Å². The molecule has 1 amide bonds. The Morgan fingerprint density at radius 3 is 2.76 bits per heavy atom. The Bertz CT molecular complexity index is 466. The number of hydrogen-bond donors (Lipinski definition) is 1. The normalized spacial score (nSPS) is 17.6. The van der Waals surface area contributed by atoms with Crippen molar-refractivity contribution in [2.45, 2.75) is 38.6 Å². The van der Waals surface area contributed by atoms with Gasteiger partial charge in [-0.05, 0) is 49.8 Å². The number of carbonyl (C=O) groups is 1. The number of amides is 1. The third-order valence-electron chi connectivity index (χ3n) is 4.40. The smallest absolute Gasteiger partial charge is 0.222 e. The van der Waals surface area contributed by atoms with Crippen molar-refractivity contribution in [3.05, 3.63) is 29.8 Å². The van der Waals surface area contributed by atoms with E-state index in [1.54, 1.807) is 7.11 Å². The quantitative estimate of drug-likeness (QED) is 0.904. The lowest BCUT2D eigenvalue weighted by atomic mass is 9.91. The molecule has 0 bridgehead atoms. The fourth-order valence-electron chi connectivity index (χ4n) is 2.91. The molecule has 116 valence electrons. The maximum atomic E-state index is 12.3. The molecule has 1 aliphatic rings. The van der Waals surface area contributed by atoms with E-state index >= 15 is 0 Å². The Labute approximate surface area is 127 Å². The lowest BCUT2D eigenvalue weighted by Crippen LogP contribution is -2.42. The van der Waals surface area contributed by atoms with Crippen molar-refractivity contribution in [3.63, 3.8) is 0 Å². The number of hydrogen-bond acceptors (Lipinski definition) is 3. The molecule has 1 saturated heterocycles. The molecule has 0 saturated carbocycles. The molecule has 1 unspecified atom stereocenters. The van der Waals surface area contributed by atoms with Gasteiger partial charge in [0.1, 0.15) is 5.75 Å². The van der Waals surface area contributed by atoms with Crippen LogP contribution in [-0.4, -0.2) is 37.0 Å². The number of ether oxygens (including phenoxy) is 1. The monoisotopic (exact) mass is 290 g/mol. The van der Waals surface area contributed by atoms with Gasteiger partial charge in [0.25, 0.3) is 0 Å². The topological polar surface area (TPSA) is 55.6 Å². The summed E-state index contributed by atoms with van der Waals surface area (Å²) in [6.45, 7) is 3.76. The van der Waals surface area contributed by atoms with E-state index in [1.165, 1.54) is 0 Å². The number of rotatable bonds is 5. The number of methoxy groups -OCH3 is 1. The van der Waals surface area contributed by atoms with Crippen molar-refractivity contribution in [3.8, 4) is 5.75 Å². The summed E-state index contributed by atoms with van der Waals surface area (Å²) in [5, 5.41) is 0. The van der Waals surface area contributed by atoms with Gasteiger partial charge in [0.05, 0.1) is 7.11 Å². The van der Waals surface area contributed by atoms with Gasteiger partial charge in [0.15, 0.2) is 0 Å². The Morgan fingerprint density at radius 2 is 2.14 bits per heavy atom. The minimum atomic E-state index is 0.235. The molecule has 0 radical (unpaired) electrons. The predicted molar refractivity (Wildman–Crippen MR) is 84.3 cm³/mol. The zero-order chi connectivity index (χ0) is 15.2. The van der Waals surface area contributed by atoms with E-state index in [4.69, 9.17) is 10.5 Å². The lowest BCUT2D eigenvalue weighted by Gasteiger charge is -2.33. The number of piperidine rings is 1. The summed E-state index contributed by atoms with van der Waals surface area (Å²) in [4.78, 5) is 14.3. The first-order valence-corrected chi connectivity index (χ1v) is 7.76. The second-order valence-electron chi connectivity index (χ2n) is 5.93. The highest BCUT2D eigenvalue weighted by Crippen LogP contribution is 2.20. The SMILES string of the molecule is COc1cccc(CCC(=O)N2CCC(C(C)N)CC2)c1. The van der Waals surface area contributed by atoms with Crippen LogP contribution in [0.1, 0.15) is 31.7 Å². The van der Waals surface area contributed by atoms with Crippen LogP contribution < -0.4 is 10.5 Å². The number of nitrogens with zero attached hydrogens (tertiary/aromatic N) is 1. The fraction of sp³-hybridized carbons (Fsp3) is 0.588. The second kappa shape index (κ2) is 7.46. The number of likely N-dealkylation sites (tertiary alicyclic amines) is 1. The third-order valence-corrected chi connectivity index (χ3v) is 4.40. The van der Waals surface area contributed by atoms with Gasteiger partial charge in [-0.2, -0.15) is 0 Å². The Morgan fingerprint density at radius 1 is 1.43 bits per heavy atom. The van der Waals surface area contributed by atoms with E-state index in [0.717, 1.165) is 43.7 Å². The van der Waals surface area contributed by atoms with E-state index in [2.05, 4.69) is 6.92 Å².